The first-order valence-corrected chi connectivity index (χ1v) is 4.86. The van der Waals surface area contributed by atoms with Gasteiger partial charge in [-0.05, 0) is 6.07 Å². The predicted molar refractivity (Wildman–Crippen MR) is 59.5 cm³/mol. The van der Waals surface area contributed by atoms with Crippen LogP contribution in [0.5, 0.6) is 0 Å². The fourth-order valence-electron chi connectivity index (χ4n) is 1.14. The van der Waals surface area contributed by atoms with Crippen LogP contribution >= 0.6 is 0 Å². The highest BCUT2D eigenvalue weighted by Gasteiger charge is 2.16. The Morgan fingerprint density at radius 2 is 1.84 bits per heavy atom. The highest BCUT2D eigenvalue weighted by molar-refractivity contribution is 5.94. The van der Waals surface area contributed by atoms with E-state index in [1.165, 1.54) is 0 Å². The fraction of sp³-hybridized carbons (Fsp3) is 0.100. The van der Waals surface area contributed by atoms with E-state index < -0.39 is 47.3 Å². The number of primary amides is 1. The van der Waals surface area contributed by atoms with Crippen molar-refractivity contribution in [1.29, 1.82) is 0 Å². The van der Waals surface area contributed by atoms with Crippen molar-refractivity contribution in [1.82, 2.24) is 5.32 Å². The number of halogens is 2. The smallest absolute Gasteiger partial charge is 0.338 e. The SMILES string of the molecule is NC(=O)CNC(=O)Nc1cc(C(=O)O)c(F)cc1F. The minimum atomic E-state index is -1.61. The van der Waals surface area contributed by atoms with E-state index in [1.54, 1.807) is 0 Å². The molecule has 0 aliphatic rings. The summed E-state index contributed by atoms with van der Waals surface area (Å²) in [5.41, 5.74) is 3.42. The van der Waals surface area contributed by atoms with E-state index in [0.29, 0.717) is 12.1 Å². The zero-order chi connectivity index (χ0) is 14.6. The molecule has 0 saturated carbocycles. The summed E-state index contributed by atoms with van der Waals surface area (Å²) in [6.45, 7) is -0.486. The van der Waals surface area contributed by atoms with E-state index in [9.17, 15) is 23.2 Å². The molecule has 0 fully saturated rings. The highest BCUT2D eigenvalue weighted by atomic mass is 19.1. The number of urea groups is 1. The molecule has 3 amide bonds. The van der Waals surface area contributed by atoms with Crippen molar-refractivity contribution in [2.75, 3.05) is 11.9 Å². The number of carbonyl (C=O) groups excluding carboxylic acids is 2. The average molecular weight is 273 g/mol. The Hall–Kier alpha value is -2.71. The molecular weight excluding hydrogens is 264 g/mol. The Labute approximate surface area is 105 Å². The molecule has 0 aromatic heterocycles. The van der Waals surface area contributed by atoms with E-state index in [4.69, 9.17) is 10.8 Å². The maximum atomic E-state index is 13.3. The second-order valence-corrected chi connectivity index (χ2v) is 3.39. The molecule has 19 heavy (non-hydrogen) atoms. The summed E-state index contributed by atoms with van der Waals surface area (Å²) in [6.07, 6.45) is 0. The number of hydrogen-bond donors (Lipinski definition) is 4. The second kappa shape index (κ2) is 5.76. The molecule has 0 atom stereocenters. The molecule has 1 rings (SSSR count). The molecule has 0 unspecified atom stereocenters. The van der Waals surface area contributed by atoms with E-state index in [-0.39, 0.29) is 0 Å². The van der Waals surface area contributed by atoms with Gasteiger partial charge in [0.25, 0.3) is 0 Å². The van der Waals surface area contributed by atoms with Crippen molar-refractivity contribution in [3.8, 4) is 0 Å². The van der Waals surface area contributed by atoms with Crippen molar-refractivity contribution in [3.63, 3.8) is 0 Å². The molecule has 1 aromatic carbocycles. The molecule has 0 aliphatic carbocycles. The van der Waals surface area contributed by atoms with Gasteiger partial charge in [-0.15, -0.1) is 0 Å². The molecule has 0 saturated heterocycles. The van der Waals surface area contributed by atoms with Crippen LogP contribution in [0, 0.1) is 11.6 Å². The zero-order valence-electron chi connectivity index (χ0n) is 9.37. The Balaban J connectivity index is 2.89. The summed E-state index contributed by atoms with van der Waals surface area (Å²) in [5, 5.41) is 12.6. The van der Waals surface area contributed by atoms with E-state index in [2.05, 4.69) is 0 Å². The van der Waals surface area contributed by atoms with Crippen LogP contribution in [0.3, 0.4) is 0 Å². The normalized spacial score (nSPS) is 9.79. The summed E-state index contributed by atoms with van der Waals surface area (Å²) < 4.78 is 26.3. The predicted octanol–water partition coefficient (Wildman–Crippen LogP) is 0.270. The molecule has 0 bridgehead atoms. The van der Waals surface area contributed by atoms with Gasteiger partial charge in [-0.3, -0.25) is 4.79 Å². The lowest BCUT2D eigenvalue weighted by molar-refractivity contribution is -0.117. The van der Waals surface area contributed by atoms with Crippen molar-refractivity contribution >= 4 is 23.6 Å². The molecule has 0 aliphatic heterocycles. The number of carboxylic acid groups (broad SMARTS) is 1. The van der Waals surface area contributed by atoms with Crippen LogP contribution in [0.1, 0.15) is 10.4 Å². The van der Waals surface area contributed by atoms with Crippen LogP contribution in [0.2, 0.25) is 0 Å². The minimum Gasteiger partial charge on any atom is -0.478 e. The van der Waals surface area contributed by atoms with Crippen molar-refractivity contribution in [3.05, 3.63) is 29.3 Å². The van der Waals surface area contributed by atoms with Gasteiger partial charge in [0.2, 0.25) is 5.91 Å². The molecule has 5 N–H and O–H groups in total. The standard InChI is InChI=1S/C10H9F2N3O4/c11-5-2-6(12)7(1-4(5)9(17)18)15-10(19)14-3-8(13)16/h1-2H,3H2,(H2,13,16)(H,17,18)(H2,14,15,19). The van der Waals surface area contributed by atoms with Crippen molar-refractivity contribution < 1.29 is 28.3 Å². The van der Waals surface area contributed by atoms with Crippen LogP contribution < -0.4 is 16.4 Å². The van der Waals surface area contributed by atoms with E-state index >= 15 is 0 Å². The number of nitrogens with two attached hydrogens (primary N) is 1. The van der Waals surface area contributed by atoms with Crippen LogP contribution in [0.15, 0.2) is 12.1 Å². The van der Waals surface area contributed by atoms with Crippen LogP contribution in [-0.4, -0.2) is 29.6 Å². The minimum absolute atomic E-state index is 0.327. The van der Waals surface area contributed by atoms with Gasteiger partial charge in [0.1, 0.15) is 11.6 Å². The lowest BCUT2D eigenvalue weighted by atomic mass is 10.2. The zero-order valence-corrected chi connectivity index (χ0v) is 9.37. The summed E-state index contributed by atoms with van der Waals surface area (Å²) in [7, 11) is 0. The Kier molecular flexibility index (Phi) is 4.35. The van der Waals surface area contributed by atoms with Gasteiger partial charge in [-0.1, -0.05) is 0 Å². The summed E-state index contributed by atoms with van der Waals surface area (Å²) in [5.74, 6) is -4.86. The van der Waals surface area contributed by atoms with Crippen molar-refractivity contribution in [2.45, 2.75) is 0 Å². The van der Waals surface area contributed by atoms with Crippen molar-refractivity contribution in [2.24, 2.45) is 5.73 Å². The quantitative estimate of drug-likeness (QED) is 0.629. The number of benzene rings is 1. The topological polar surface area (TPSA) is 122 Å². The number of carboxylic acids is 1. The third-order valence-electron chi connectivity index (χ3n) is 1.96. The average Bonchev–Trinajstić information content (AvgIpc) is 2.29. The number of hydrogen-bond acceptors (Lipinski definition) is 3. The maximum Gasteiger partial charge on any atom is 0.338 e. The van der Waals surface area contributed by atoms with Gasteiger partial charge >= 0.3 is 12.0 Å². The van der Waals surface area contributed by atoms with Crippen LogP contribution in [0.25, 0.3) is 0 Å². The first-order chi connectivity index (χ1) is 8.81. The highest BCUT2D eigenvalue weighted by Crippen LogP contribution is 2.19. The number of anilines is 1. The number of rotatable bonds is 4. The van der Waals surface area contributed by atoms with Crippen LogP contribution in [-0.2, 0) is 4.79 Å². The lowest BCUT2D eigenvalue weighted by Gasteiger charge is -2.08. The third-order valence-corrected chi connectivity index (χ3v) is 1.96. The first-order valence-electron chi connectivity index (χ1n) is 4.86. The fourth-order valence-corrected chi connectivity index (χ4v) is 1.14. The molecular formula is C10H9F2N3O4. The molecule has 0 radical (unpaired) electrons. The molecule has 0 heterocycles. The van der Waals surface area contributed by atoms with Gasteiger partial charge in [-0.2, -0.15) is 0 Å². The number of amides is 3. The van der Waals surface area contributed by atoms with Gasteiger partial charge < -0.3 is 21.5 Å². The van der Waals surface area contributed by atoms with Gasteiger partial charge in [0.05, 0.1) is 17.8 Å². The van der Waals surface area contributed by atoms with E-state index in [0.717, 1.165) is 0 Å². The number of aromatic carboxylic acids is 1. The maximum absolute atomic E-state index is 13.3. The second-order valence-electron chi connectivity index (χ2n) is 3.39. The Morgan fingerprint density at radius 3 is 2.37 bits per heavy atom. The van der Waals surface area contributed by atoms with Gasteiger partial charge in [-0.25, -0.2) is 18.4 Å². The summed E-state index contributed by atoms with van der Waals surface area (Å²) in [4.78, 5) is 32.2. The monoisotopic (exact) mass is 273 g/mol. The Bertz CT molecular complexity index is 548. The molecule has 7 nitrogen and oxygen atoms in total. The molecule has 102 valence electrons. The summed E-state index contributed by atoms with van der Waals surface area (Å²) >= 11 is 0. The largest absolute Gasteiger partial charge is 0.478 e. The van der Waals surface area contributed by atoms with Crippen LogP contribution in [0.4, 0.5) is 19.3 Å². The first kappa shape index (κ1) is 14.4. The Morgan fingerprint density at radius 1 is 1.21 bits per heavy atom. The summed E-state index contributed by atoms with van der Waals surface area (Å²) in [6, 6.07) is -0.0371. The van der Waals surface area contributed by atoms with Gasteiger partial charge in [0, 0.05) is 6.07 Å². The molecule has 0 spiro atoms. The molecule has 1 aromatic rings. The number of carbonyl (C=O) groups is 3. The van der Waals surface area contributed by atoms with Gasteiger partial charge in [0.15, 0.2) is 0 Å². The third kappa shape index (κ3) is 3.91. The van der Waals surface area contributed by atoms with E-state index in [1.807, 2.05) is 10.6 Å². The lowest BCUT2D eigenvalue weighted by Crippen LogP contribution is -2.36. The number of nitrogens with one attached hydrogen (secondary N) is 2. The molecule has 9 heteroatoms.